The number of hydrogen-bond acceptors (Lipinski definition) is 6. The highest BCUT2D eigenvalue weighted by atomic mass is 16.2. The van der Waals surface area contributed by atoms with Crippen LogP contribution in [0.5, 0.6) is 0 Å². The molecule has 0 aliphatic carbocycles. The van der Waals surface area contributed by atoms with Gasteiger partial charge in [0.1, 0.15) is 11.8 Å². The number of rotatable bonds is 3. The Kier molecular flexibility index (Phi) is 4.14. The van der Waals surface area contributed by atoms with E-state index in [0.29, 0.717) is 28.8 Å². The van der Waals surface area contributed by atoms with Gasteiger partial charge in [0.25, 0.3) is 11.1 Å². The lowest BCUT2D eigenvalue weighted by Crippen LogP contribution is -2.33. The Balaban J connectivity index is 1.67. The van der Waals surface area contributed by atoms with E-state index >= 15 is 0 Å². The van der Waals surface area contributed by atoms with E-state index < -0.39 is 16.9 Å². The van der Waals surface area contributed by atoms with Gasteiger partial charge in [0, 0.05) is 6.42 Å². The Morgan fingerprint density at radius 2 is 1.71 bits per heavy atom. The Morgan fingerprint density at radius 1 is 0.964 bits per heavy atom. The maximum atomic E-state index is 12.2. The maximum absolute atomic E-state index is 12.2. The van der Waals surface area contributed by atoms with E-state index in [0.717, 1.165) is 10.2 Å². The molecule has 136 valence electrons. The largest absolute Gasteiger partial charge is 0.349 e. The van der Waals surface area contributed by atoms with Crippen LogP contribution in [-0.2, 0) is 6.42 Å². The molecule has 2 aromatic heterocycles. The molecule has 0 aliphatic heterocycles. The van der Waals surface area contributed by atoms with Gasteiger partial charge in [-0.15, -0.1) is 5.10 Å². The number of nitrogens with zero attached hydrogens (tertiary/aromatic N) is 4. The number of para-hydroxylation sites is 2. The molecule has 2 aromatic carbocycles. The van der Waals surface area contributed by atoms with Crippen LogP contribution in [0.25, 0.3) is 16.7 Å². The lowest BCUT2D eigenvalue weighted by atomic mass is 10.1. The monoisotopic (exact) mass is 372 g/mol. The molecule has 0 amide bonds. The molecule has 0 saturated carbocycles. The Labute approximate surface area is 156 Å². The molecule has 9 nitrogen and oxygen atoms in total. The number of nitriles is 1. The van der Waals surface area contributed by atoms with Crippen molar-refractivity contribution in [2.45, 2.75) is 6.42 Å². The minimum absolute atomic E-state index is 0.264. The highest BCUT2D eigenvalue weighted by molar-refractivity contribution is 5.73. The average molecular weight is 372 g/mol. The van der Waals surface area contributed by atoms with Gasteiger partial charge in [-0.05, 0) is 29.8 Å². The van der Waals surface area contributed by atoms with E-state index in [1.54, 1.807) is 36.4 Å². The van der Waals surface area contributed by atoms with E-state index in [9.17, 15) is 14.4 Å². The SMILES string of the molecule is N#Cc1nn(-c2ccc(Cc3nc4ccccc4[nH]c3=O)cc2)c(=O)[nH]c1=O. The average Bonchev–Trinajstić information content (AvgIpc) is 2.69. The van der Waals surface area contributed by atoms with Crippen LogP contribution in [0.3, 0.4) is 0 Å². The summed E-state index contributed by atoms with van der Waals surface area (Å²) >= 11 is 0. The van der Waals surface area contributed by atoms with Crippen LogP contribution in [0.15, 0.2) is 62.9 Å². The van der Waals surface area contributed by atoms with Gasteiger partial charge in [0.05, 0.1) is 16.7 Å². The van der Waals surface area contributed by atoms with Crippen LogP contribution >= 0.6 is 0 Å². The smallest absolute Gasteiger partial charge is 0.319 e. The molecule has 4 aromatic rings. The molecular weight excluding hydrogens is 360 g/mol. The third-order valence-electron chi connectivity index (χ3n) is 4.16. The van der Waals surface area contributed by atoms with Crippen LogP contribution in [0.1, 0.15) is 17.0 Å². The van der Waals surface area contributed by atoms with Crippen molar-refractivity contribution in [1.29, 1.82) is 5.26 Å². The minimum Gasteiger partial charge on any atom is -0.319 e. The molecule has 0 radical (unpaired) electrons. The summed E-state index contributed by atoms with van der Waals surface area (Å²) in [5, 5.41) is 12.7. The van der Waals surface area contributed by atoms with E-state index in [2.05, 4.69) is 15.1 Å². The molecule has 0 bridgehead atoms. The summed E-state index contributed by atoms with van der Waals surface area (Å²) in [6.45, 7) is 0. The van der Waals surface area contributed by atoms with Gasteiger partial charge in [0.15, 0.2) is 0 Å². The van der Waals surface area contributed by atoms with Crippen molar-refractivity contribution in [1.82, 2.24) is 24.7 Å². The molecule has 0 fully saturated rings. The first kappa shape index (κ1) is 17.1. The third-order valence-corrected chi connectivity index (χ3v) is 4.16. The van der Waals surface area contributed by atoms with Gasteiger partial charge in [-0.1, -0.05) is 24.3 Å². The van der Waals surface area contributed by atoms with Gasteiger partial charge in [-0.3, -0.25) is 14.6 Å². The van der Waals surface area contributed by atoms with E-state index in [-0.39, 0.29) is 5.56 Å². The summed E-state index contributed by atoms with van der Waals surface area (Å²) in [6.07, 6.45) is 0.303. The third kappa shape index (κ3) is 3.10. The lowest BCUT2D eigenvalue weighted by molar-refractivity contribution is 0.740. The first-order chi connectivity index (χ1) is 13.5. The zero-order valence-corrected chi connectivity index (χ0v) is 14.3. The fraction of sp³-hybridized carbons (Fsp3) is 0.0526. The van der Waals surface area contributed by atoms with E-state index in [4.69, 9.17) is 5.26 Å². The Bertz CT molecular complexity index is 1410. The van der Waals surface area contributed by atoms with Crippen LogP contribution in [-0.4, -0.2) is 24.7 Å². The first-order valence-corrected chi connectivity index (χ1v) is 8.26. The molecule has 0 aliphatic rings. The predicted molar refractivity (Wildman–Crippen MR) is 100 cm³/mol. The molecule has 2 N–H and O–H groups in total. The van der Waals surface area contributed by atoms with Crippen molar-refractivity contribution >= 4 is 11.0 Å². The molecule has 2 heterocycles. The van der Waals surface area contributed by atoms with E-state index in [1.807, 2.05) is 23.2 Å². The summed E-state index contributed by atoms with van der Waals surface area (Å²) in [6, 6.07) is 15.6. The van der Waals surface area contributed by atoms with Crippen molar-refractivity contribution in [2.24, 2.45) is 0 Å². The quantitative estimate of drug-likeness (QED) is 0.541. The summed E-state index contributed by atoms with van der Waals surface area (Å²) in [7, 11) is 0. The summed E-state index contributed by atoms with van der Waals surface area (Å²) in [4.78, 5) is 44.9. The molecule has 0 atom stereocenters. The number of benzene rings is 2. The first-order valence-electron chi connectivity index (χ1n) is 8.26. The normalized spacial score (nSPS) is 10.7. The van der Waals surface area contributed by atoms with Crippen molar-refractivity contribution in [3.8, 4) is 11.8 Å². The number of H-pyrrole nitrogens is 2. The van der Waals surface area contributed by atoms with Crippen molar-refractivity contribution in [3.05, 3.63) is 96.7 Å². The molecule has 0 spiro atoms. The Morgan fingerprint density at radius 3 is 2.46 bits per heavy atom. The van der Waals surface area contributed by atoms with Gasteiger partial charge in [0.2, 0.25) is 5.69 Å². The second kappa shape index (κ2) is 6.77. The highest BCUT2D eigenvalue weighted by Gasteiger charge is 2.09. The fourth-order valence-electron chi connectivity index (χ4n) is 2.78. The zero-order chi connectivity index (χ0) is 19.7. The number of aromatic nitrogens is 5. The number of aromatic amines is 2. The maximum Gasteiger partial charge on any atom is 0.349 e. The van der Waals surface area contributed by atoms with Crippen molar-refractivity contribution in [3.63, 3.8) is 0 Å². The second-order valence-corrected chi connectivity index (χ2v) is 6.00. The molecule has 28 heavy (non-hydrogen) atoms. The minimum atomic E-state index is -0.832. The van der Waals surface area contributed by atoms with Crippen LogP contribution < -0.4 is 16.8 Å². The highest BCUT2D eigenvalue weighted by Crippen LogP contribution is 2.11. The number of fused-ring (bicyclic) bond motifs is 1. The van der Waals surface area contributed by atoms with Crippen molar-refractivity contribution < 1.29 is 0 Å². The number of hydrogen-bond donors (Lipinski definition) is 2. The molecule has 0 unspecified atom stereocenters. The molecular formula is C19H12N6O3. The van der Waals surface area contributed by atoms with Gasteiger partial charge < -0.3 is 4.98 Å². The molecule has 9 heteroatoms. The molecule has 0 saturated heterocycles. The van der Waals surface area contributed by atoms with Gasteiger partial charge in [-0.2, -0.15) is 9.94 Å². The Hall–Kier alpha value is -4.32. The zero-order valence-electron chi connectivity index (χ0n) is 14.3. The van der Waals surface area contributed by atoms with Crippen LogP contribution in [0.2, 0.25) is 0 Å². The van der Waals surface area contributed by atoms with E-state index in [1.165, 1.54) is 0 Å². The van der Waals surface area contributed by atoms with Crippen molar-refractivity contribution in [2.75, 3.05) is 0 Å². The van der Waals surface area contributed by atoms with Crippen LogP contribution in [0, 0.1) is 11.3 Å². The summed E-state index contributed by atoms with van der Waals surface area (Å²) < 4.78 is 0.935. The van der Waals surface area contributed by atoms with Crippen LogP contribution in [0.4, 0.5) is 0 Å². The summed E-state index contributed by atoms with van der Waals surface area (Å²) in [5.41, 5.74) is 0.668. The fourth-order valence-corrected chi connectivity index (χ4v) is 2.78. The predicted octanol–water partition coefficient (Wildman–Crippen LogP) is 0.620. The van der Waals surface area contributed by atoms with Gasteiger partial charge in [-0.25, -0.2) is 9.78 Å². The van der Waals surface area contributed by atoms with Gasteiger partial charge >= 0.3 is 5.69 Å². The summed E-state index contributed by atoms with van der Waals surface area (Å²) in [5.74, 6) is 0. The molecule has 4 rings (SSSR count). The lowest BCUT2D eigenvalue weighted by Gasteiger charge is -2.06. The second-order valence-electron chi connectivity index (χ2n) is 6.00. The topological polar surface area (TPSA) is 137 Å². The number of nitrogens with one attached hydrogen (secondary N) is 2. The standard InChI is InChI=1S/C19H12N6O3/c20-10-16-18(27)23-19(28)25(24-16)12-7-5-11(6-8-12)9-15-17(26)22-14-4-2-1-3-13(14)21-15/h1-8H,9H2,(H,22,26)(H,23,27,28).